The molecule has 0 bridgehead atoms. The van der Waals surface area contributed by atoms with E-state index in [9.17, 15) is 13.2 Å². The highest BCUT2D eigenvalue weighted by molar-refractivity contribution is 7.22. The summed E-state index contributed by atoms with van der Waals surface area (Å²) in [5, 5.41) is 0. The molecule has 1 unspecified atom stereocenters. The summed E-state index contributed by atoms with van der Waals surface area (Å²) < 4.78 is 40.7. The molecule has 1 aromatic heterocycles. The first kappa shape index (κ1) is 24.4. The molecule has 0 spiro atoms. The highest BCUT2D eigenvalue weighted by atomic mass is 31.0. The van der Waals surface area contributed by atoms with E-state index in [0.29, 0.717) is 12.8 Å². The Hall–Kier alpha value is -1.87. The predicted octanol–water partition coefficient (Wildman–Crippen LogP) is 6.45. The maximum atomic E-state index is 13.8. The molecule has 164 valence electrons. The number of nitrogens with zero attached hydrogens (tertiary/aromatic N) is 2. The van der Waals surface area contributed by atoms with E-state index in [1.807, 2.05) is 6.07 Å². The zero-order chi connectivity index (χ0) is 21.9. The van der Waals surface area contributed by atoms with Crippen molar-refractivity contribution < 1.29 is 13.2 Å². The van der Waals surface area contributed by atoms with Crippen LogP contribution in [0, 0.1) is 17.5 Å². The van der Waals surface area contributed by atoms with Crippen molar-refractivity contribution in [2.45, 2.75) is 58.8 Å². The lowest BCUT2D eigenvalue weighted by Gasteiger charge is -2.24. The van der Waals surface area contributed by atoms with Gasteiger partial charge in [0.2, 0.25) is 0 Å². The van der Waals surface area contributed by atoms with E-state index < -0.39 is 17.5 Å². The van der Waals surface area contributed by atoms with Gasteiger partial charge >= 0.3 is 0 Å². The third-order valence-corrected chi connectivity index (χ3v) is 5.91. The van der Waals surface area contributed by atoms with Crippen LogP contribution in [0.1, 0.15) is 56.4 Å². The molecule has 2 aromatic rings. The molecule has 0 amide bonds. The predicted molar refractivity (Wildman–Crippen MR) is 121 cm³/mol. The van der Waals surface area contributed by atoms with E-state index in [4.69, 9.17) is 0 Å². The maximum absolute atomic E-state index is 13.8. The van der Waals surface area contributed by atoms with Crippen molar-refractivity contribution in [3.8, 4) is 0 Å². The largest absolute Gasteiger partial charge is 0.372 e. The van der Waals surface area contributed by atoms with Crippen LogP contribution in [-0.2, 0) is 19.3 Å². The highest BCUT2D eigenvalue weighted by Crippen LogP contribution is 2.19. The van der Waals surface area contributed by atoms with Crippen molar-refractivity contribution in [2.24, 2.45) is 0 Å². The van der Waals surface area contributed by atoms with Crippen molar-refractivity contribution in [1.82, 2.24) is 9.88 Å². The maximum Gasteiger partial charge on any atom is 0.132 e. The number of benzene rings is 1. The Morgan fingerprint density at radius 2 is 1.77 bits per heavy atom. The van der Waals surface area contributed by atoms with Gasteiger partial charge in [-0.25, -0.2) is 13.2 Å². The average Bonchev–Trinajstić information content (AvgIpc) is 2.72. The normalized spacial score (nSPS) is 11.7. The second-order valence-corrected chi connectivity index (χ2v) is 8.06. The number of rotatable bonds is 12. The molecule has 30 heavy (non-hydrogen) atoms. The van der Waals surface area contributed by atoms with E-state index in [0.717, 1.165) is 56.6 Å². The Bertz CT molecular complexity index is 816. The minimum atomic E-state index is -0.888. The van der Waals surface area contributed by atoms with Gasteiger partial charge in [0, 0.05) is 48.1 Å². The topological polar surface area (TPSA) is 16.1 Å². The van der Waals surface area contributed by atoms with Gasteiger partial charge in [-0.15, -0.1) is 0 Å². The molecule has 1 heterocycles. The van der Waals surface area contributed by atoms with Gasteiger partial charge in [-0.3, -0.25) is 4.98 Å². The molecule has 1 atom stereocenters. The lowest BCUT2D eigenvalue weighted by Crippen LogP contribution is -2.22. The van der Waals surface area contributed by atoms with Gasteiger partial charge in [0.25, 0.3) is 0 Å². The van der Waals surface area contributed by atoms with E-state index in [2.05, 4.69) is 45.1 Å². The first-order valence-electron chi connectivity index (χ1n) is 10.7. The van der Waals surface area contributed by atoms with Crippen LogP contribution in [0.4, 0.5) is 13.2 Å². The third kappa shape index (κ3) is 7.43. The molecule has 0 aliphatic heterocycles. The minimum Gasteiger partial charge on any atom is -0.372 e. The van der Waals surface area contributed by atoms with Gasteiger partial charge < -0.3 is 4.90 Å². The number of unbranched alkanes of at least 4 members (excludes halogenated alkanes) is 1. The van der Waals surface area contributed by atoms with Crippen molar-refractivity contribution >= 4 is 9.24 Å². The molecule has 2 nitrogen and oxygen atoms in total. The van der Waals surface area contributed by atoms with Gasteiger partial charge in [0.05, 0.1) is 0 Å². The summed E-state index contributed by atoms with van der Waals surface area (Å²) in [5.41, 5.74) is 3.35. The lowest BCUT2D eigenvalue weighted by molar-refractivity contribution is 0.356. The fourth-order valence-electron chi connectivity index (χ4n) is 3.61. The number of aromatic nitrogens is 1. The summed E-state index contributed by atoms with van der Waals surface area (Å²) >= 11 is 0. The summed E-state index contributed by atoms with van der Waals surface area (Å²) in [6.07, 6.45) is 9.50. The molecule has 0 saturated carbocycles. The van der Waals surface area contributed by atoms with E-state index >= 15 is 0 Å². The van der Waals surface area contributed by atoms with Crippen LogP contribution in [0.25, 0.3) is 0 Å². The van der Waals surface area contributed by atoms with Crippen LogP contribution in [-0.4, -0.2) is 23.0 Å². The molecule has 0 radical (unpaired) electrons. The summed E-state index contributed by atoms with van der Waals surface area (Å²) in [6.45, 7) is 6.32. The standard InChI is InChI=1S/C24H32F3N2P/c1-3-14-29(24(30)4-2)15-6-5-9-18-10-8-13-28-23(18)12-7-11-20-21(26)16-19(25)17-22(20)27/h4,8,10,13,16-17H,3,5-7,9,11-12,14-15,30H2,1-2H3. The van der Waals surface area contributed by atoms with Gasteiger partial charge in [-0.05, 0) is 63.5 Å². The molecular formula is C24H32F3N2P. The van der Waals surface area contributed by atoms with Crippen molar-refractivity contribution in [1.29, 1.82) is 0 Å². The highest BCUT2D eigenvalue weighted by Gasteiger charge is 2.12. The van der Waals surface area contributed by atoms with Crippen molar-refractivity contribution in [3.63, 3.8) is 0 Å². The van der Waals surface area contributed by atoms with Crippen LogP contribution in [0.2, 0.25) is 0 Å². The number of aryl methyl sites for hydroxylation is 2. The van der Waals surface area contributed by atoms with Gasteiger partial charge in [0.1, 0.15) is 17.5 Å². The van der Waals surface area contributed by atoms with Gasteiger partial charge in [-0.1, -0.05) is 28.3 Å². The second kappa shape index (κ2) is 12.7. The monoisotopic (exact) mass is 436 g/mol. The Morgan fingerprint density at radius 1 is 1.03 bits per heavy atom. The van der Waals surface area contributed by atoms with Crippen LogP contribution < -0.4 is 0 Å². The van der Waals surface area contributed by atoms with Crippen molar-refractivity contribution in [3.05, 3.63) is 76.2 Å². The molecule has 0 aliphatic carbocycles. The molecule has 0 fully saturated rings. The van der Waals surface area contributed by atoms with Crippen LogP contribution in [0.3, 0.4) is 0 Å². The van der Waals surface area contributed by atoms with Gasteiger partial charge in [-0.2, -0.15) is 0 Å². The minimum absolute atomic E-state index is 0.0536. The zero-order valence-corrected chi connectivity index (χ0v) is 19.1. The van der Waals surface area contributed by atoms with Gasteiger partial charge in [0.15, 0.2) is 0 Å². The quantitative estimate of drug-likeness (QED) is 0.281. The van der Waals surface area contributed by atoms with Crippen molar-refractivity contribution in [2.75, 3.05) is 13.1 Å². The number of hydrogen-bond acceptors (Lipinski definition) is 2. The summed E-state index contributed by atoms with van der Waals surface area (Å²) in [4.78, 5) is 6.87. The average molecular weight is 437 g/mol. The Balaban J connectivity index is 1.87. The third-order valence-electron chi connectivity index (χ3n) is 5.21. The number of halogens is 3. The SMILES string of the molecule is CC=C(P)N(CCC)CCCCc1cccnc1CCCc1c(F)cc(F)cc1F. The molecule has 0 aliphatic rings. The number of pyridine rings is 1. The van der Waals surface area contributed by atoms with E-state index in [1.165, 1.54) is 11.0 Å². The Labute approximate surface area is 180 Å². The summed E-state index contributed by atoms with van der Waals surface area (Å²) in [7, 11) is 2.80. The van der Waals surface area contributed by atoms with Crippen LogP contribution in [0.15, 0.2) is 42.0 Å². The fraction of sp³-hybridized carbons (Fsp3) is 0.458. The smallest absolute Gasteiger partial charge is 0.132 e. The van der Waals surface area contributed by atoms with Crippen LogP contribution in [0.5, 0.6) is 0 Å². The molecule has 2 rings (SSSR count). The van der Waals surface area contributed by atoms with Crippen LogP contribution >= 0.6 is 9.24 Å². The second-order valence-electron chi connectivity index (χ2n) is 7.47. The summed E-state index contributed by atoms with van der Waals surface area (Å²) in [6, 6.07) is 5.49. The molecule has 0 N–H and O–H groups in total. The van der Waals surface area contributed by atoms with E-state index in [-0.39, 0.29) is 12.0 Å². The Kier molecular flexibility index (Phi) is 10.4. The zero-order valence-electron chi connectivity index (χ0n) is 17.9. The molecule has 1 aromatic carbocycles. The molecular weight excluding hydrogens is 404 g/mol. The first-order chi connectivity index (χ1) is 14.5. The summed E-state index contributed by atoms with van der Waals surface area (Å²) in [5.74, 6) is -2.53. The Morgan fingerprint density at radius 3 is 2.43 bits per heavy atom. The first-order valence-corrected chi connectivity index (χ1v) is 11.3. The number of allylic oxidation sites excluding steroid dienone is 1. The molecule has 6 heteroatoms. The van der Waals surface area contributed by atoms with E-state index in [1.54, 1.807) is 6.20 Å². The molecule has 0 saturated heterocycles. The lowest BCUT2D eigenvalue weighted by atomic mass is 10.0. The fourth-order valence-corrected chi connectivity index (χ4v) is 3.87. The number of hydrogen-bond donors (Lipinski definition) is 0.